The van der Waals surface area contributed by atoms with E-state index in [0.29, 0.717) is 11.0 Å². The second-order valence-electron chi connectivity index (χ2n) is 4.96. The third-order valence-corrected chi connectivity index (χ3v) is 5.16. The van der Waals surface area contributed by atoms with Gasteiger partial charge in [-0.1, -0.05) is 26.0 Å². The number of rotatable bonds is 6. The van der Waals surface area contributed by atoms with Gasteiger partial charge in [-0.15, -0.1) is 23.1 Å². The van der Waals surface area contributed by atoms with Crippen LogP contribution >= 0.6 is 23.1 Å². The van der Waals surface area contributed by atoms with Crippen molar-refractivity contribution in [1.29, 1.82) is 0 Å². The molecule has 1 aromatic heterocycles. The minimum absolute atomic E-state index is 0.0292. The summed E-state index contributed by atoms with van der Waals surface area (Å²) in [7, 11) is 0. The van der Waals surface area contributed by atoms with E-state index >= 15 is 0 Å². The van der Waals surface area contributed by atoms with Gasteiger partial charge in [-0.3, -0.25) is 9.59 Å². The SMILES string of the molecule is CC(C)c1cnc(NC(=O)CCC(=O)C2=CC=CCS2)s1. The molecule has 0 aromatic carbocycles. The molecule has 0 aliphatic carbocycles. The van der Waals surface area contributed by atoms with Crippen molar-refractivity contribution >= 4 is 39.9 Å². The normalized spacial score (nSPS) is 14.1. The molecule has 0 unspecified atom stereocenters. The van der Waals surface area contributed by atoms with Crippen molar-refractivity contribution in [3.63, 3.8) is 0 Å². The predicted octanol–water partition coefficient (Wildman–Crippen LogP) is 3.74. The number of carbonyl (C=O) groups is 2. The van der Waals surface area contributed by atoms with Gasteiger partial charge in [-0.25, -0.2) is 4.98 Å². The highest BCUT2D eigenvalue weighted by atomic mass is 32.2. The lowest BCUT2D eigenvalue weighted by Crippen LogP contribution is -2.13. The molecule has 0 atom stereocenters. The highest BCUT2D eigenvalue weighted by molar-refractivity contribution is 8.04. The van der Waals surface area contributed by atoms with Gasteiger partial charge in [0, 0.05) is 29.7 Å². The van der Waals surface area contributed by atoms with Gasteiger partial charge in [0.25, 0.3) is 0 Å². The van der Waals surface area contributed by atoms with Crippen LogP contribution in [-0.2, 0) is 9.59 Å². The molecule has 0 bridgehead atoms. The van der Waals surface area contributed by atoms with Crippen LogP contribution in [0.5, 0.6) is 0 Å². The maximum atomic E-state index is 11.9. The smallest absolute Gasteiger partial charge is 0.226 e. The second kappa shape index (κ2) is 7.56. The van der Waals surface area contributed by atoms with Gasteiger partial charge in [-0.2, -0.15) is 0 Å². The van der Waals surface area contributed by atoms with Crippen molar-refractivity contribution in [1.82, 2.24) is 4.98 Å². The summed E-state index contributed by atoms with van der Waals surface area (Å²) in [6, 6.07) is 0. The quantitative estimate of drug-likeness (QED) is 0.866. The Hall–Kier alpha value is -1.40. The topological polar surface area (TPSA) is 59.1 Å². The molecule has 0 spiro atoms. The molecule has 1 amide bonds. The first-order valence-corrected chi connectivity index (χ1v) is 8.65. The first-order valence-electron chi connectivity index (χ1n) is 6.84. The highest BCUT2D eigenvalue weighted by Gasteiger charge is 2.14. The fourth-order valence-corrected chi connectivity index (χ4v) is 3.37. The molecular weight excluding hydrogens is 304 g/mol. The number of carbonyl (C=O) groups excluding carboxylic acids is 2. The number of hydrogen-bond acceptors (Lipinski definition) is 5. The van der Waals surface area contributed by atoms with Crippen molar-refractivity contribution in [2.24, 2.45) is 0 Å². The molecule has 0 saturated heterocycles. The number of amides is 1. The third-order valence-electron chi connectivity index (χ3n) is 2.91. The van der Waals surface area contributed by atoms with Gasteiger partial charge in [0.2, 0.25) is 5.91 Å². The van der Waals surface area contributed by atoms with Crippen molar-refractivity contribution in [2.45, 2.75) is 32.6 Å². The lowest BCUT2D eigenvalue weighted by atomic mass is 10.2. The van der Waals surface area contributed by atoms with Crippen LogP contribution < -0.4 is 5.32 Å². The van der Waals surface area contributed by atoms with Crippen LogP contribution in [0.15, 0.2) is 29.3 Å². The van der Waals surface area contributed by atoms with Gasteiger partial charge < -0.3 is 5.32 Å². The third kappa shape index (κ3) is 4.82. The molecule has 1 N–H and O–H groups in total. The Morgan fingerprint density at radius 3 is 2.81 bits per heavy atom. The molecule has 0 saturated carbocycles. The van der Waals surface area contributed by atoms with Crippen LogP contribution in [0.2, 0.25) is 0 Å². The largest absolute Gasteiger partial charge is 0.302 e. The highest BCUT2D eigenvalue weighted by Crippen LogP contribution is 2.25. The first kappa shape index (κ1) is 16.0. The molecule has 112 valence electrons. The summed E-state index contributed by atoms with van der Waals surface area (Å²) >= 11 is 3.00. The Bertz CT molecular complexity index is 588. The van der Waals surface area contributed by atoms with E-state index in [1.165, 1.54) is 23.1 Å². The van der Waals surface area contributed by atoms with E-state index in [-0.39, 0.29) is 24.5 Å². The monoisotopic (exact) mass is 322 g/mol. The Morgan fingerprint density at radius 2 is 2.19 bits per heavy atom. The number of Topliss-reactive ketones (excluding diaryl/α,β-unsaturated/α-hetero) is 1. The van der Waals surface area contributed by atoms with E-state index in [2.05, 4.69) is 24.1 Å². The molecule has 0 radical (unpaired) electrons. The van der Waals surface area contributed by atoms with Crippen LogP contribution in [0, 0.1) is 0 Å². The summed E-state index contributed by atoms with van der Waals surface area (Å²) in [6.07, 6.45) is 7.91. The van der Waals surface area contributed by atoms with Crippen LogP contribution in [0.4, 0.5) is 5.13 Å². The minimum atomic E-state index is -0.162. The number of thioether (sulfide) groups is 1. The Balaban J connectivity index is 1.80. The standard InChI is InChI=1S/C15H18N2O2S2/c1-10(2)13-9-16-15(21-13)17-14(19)7-6-11(18)12-5-3-4-8-20-12/h3-5,9-10H,6-8H2,1-2H3,(H,16,17,19). The van der Waals surface area contributed by atoms with Crippen LogP contribution in [0.3, 0.4) is 0 Å². The predicted molar refractivity (Wildman–Crippen MR) is 88.8 cm³/mol. The van der Waals surface area contributed by atoms with Crippen molar-refractivity contribution in [3.8, 4) is 0 Å². The van der Waals surface area contributed by atoms with Crippen molar-refractivity contribution < 1.29 is 9.59 Å². The van der Waals surface area contributed by atoms with E-state index in [9.17, 15) is 9.59 Å². The van der Waals surface area contributed by atoms with E-state index in [0.717, 1.165) is 15.5 Å². The number of anilines is 1. The molecule has 2 rings (SSSR count). The Kier molecular flexibility index (Phi) is 5.76. The zero-order valence-corrected chi connectivity index (χ0v) is 13.7. The number of nitrogens with zero attached hydrogens (tertiary/aromatic N) is 1. The van der Waals surface area contributed by atoms with Crippen LogP contribution in [-0.4, -0.2) is 22.4 Å². The Morgan fingerprint density at radius 1 is 1.38 bits per heavy atom. The molecule has 21 heavy (non-hydrogen) atoms. The number of thiazole rings is 1. The maximum absolute atomic E-state index is 11.9. The van der Waals surface area contributed by atoms with E-state index < -0.39 is 0 Å². The van der Waals surface area contributed by atoms with Gasteiger partial charge in [-0.05, 0) is 12.0 Å². The number of allylic oxidation sites excluding steroid dienone is 3. The number of ketones is 1. The van der Waals surface area contributed by atoms with Crippen molar-refractivity contribution in [2.75, 3.05) is 11.1 Å². The summed E-state index contributed by atoms with van der Waals surface area (Å²) in [5, 5.41) is 3.35. The number of nitrogens with one attached hydrogen (secondary N) is 1. The zero-order chi connectivity index (χ0) is 15.2. The Labute approximate surface area is 132 Å². The fourth-order valence-electron chi connectivity index (χ4n) is 1.71. The number of aromatic nitrogens is 1. The van der Waals surface area contributed by atoms with Gasteiger partial charge in [0.05, 0.1) is 4.91 Å². The number of hydrogen-bond donors (Lipinski definition) is 1. The molecule has 1 aliphatic rings. The molecule has 4 nitrogen and oxygen atoms in total. The molecule has 6 heteroatoms. The van der Waals surface area contributed by atoms with Gasteiger partial charge in [0.1, 0.15) is 0 Å². The summed E-state index contributed by atoms with van der Waals surface area (Å²) in [6.45, 7) is 4.17. The second-order valence-corrected chi connectivity index (χ2v) is 7.09. The zero-order valence-electron chi connectivity index (χ0n) is 12.1. The lowest BCUT2D eigenvalue weighted by molar-refractivity contribution is -0.120. The van der Waals surface area contributed by atoms with Crippen molar-refractivity contribution in [3.05, 3.63) is 34.2 Å². The average Bonchev–Trinajstić information content (AvgIpc) is 2.94. The lowest BCUT2D eigenvalue weighted by Gasteiger charge is -2.07. The summed E-state index contributed by atoms with van der Waals surface area (Å²) < 4.78 is 0. The first-order chi connectivity index (χ1) is 10.1. The van der Waals surface area contributed by atoms with E-state index in [1.54, 1.807) is 6.20 Å². The fraction of sp³-hybridized carbons (Fsp3) is 0.400. The molecule has 1 aromatic rings. The summed E-state index contributed by atoms with van der Waals surface area (Å²) in [5.41, 5.74) is 0. The van der Waals surface area contributed by atoms with E-state index in [1.807, 2.05) is 18.2 Å². The van der Waals surface area contributed by atoms with Crippen LogP contribution in [0.25, 0.3) is 0 Å². The summed E-state index contributed by atoms with van der Waals surface area (Å²) in [4.78, 5) is 29.8. The minimum Gasteiger partial charge on any atom is -0.302 e. The van der Waals surface area contributed by atoms with Gasteiger partial charge >= 0.3 is 0 Å². The molecule has 2 heterocycles. The molecule has 0 fully saturated rings. The molecule has 1 aliphatic heterocycles. The van der Waals surface area contributed by atoms with Crippen LogP contribution in [0.1, 0.15) is 37.5 Å². The summed E-state index contributed by atoms with van der Waals surface area (Å²) in [5.74, 6) is 1.09. The van der Waals surface area contributed by atoms with E-state index in [4.69, 9.17) is 0 Å². The molecular formula is C15H18N2O2S2. The van der Waals surface area contributed by atoms with Gasteiger partial charge in [0.15, 0.2) is 10.9 Å². The maximum Gasteiger partial charge on any atom is 0.226 e. The average molecular weight is 322 g/mol.